The highest BCUT2D eigenvalue weighted by atomic mass is 35.5. The number of anilines is 1. The molecule has 0 saturated carbocycles. The van der Waals surface area contributed by atoms with Crippen LogP contribution in [0, 0.1) is 0 Å². The topological polar surface area (TPSA) is 64.9 Å². The molecule has 2 N–H and O–H groups in total. The summed E-state index contributed by atoms with van der Waals surface area (Å²) in [6.07, 6.45) is 2.15. The molecule has 0 amide bonds. The molecule has 0 aliphatic rings. The lowest BCUT2D eigenvalue weighted by atomic mass is 10.3. The number of hydrogen-bond donors (Lipinski definition) is 1. The molecule has 1 unspecified atom stereocenters. The van der Waals surface area contributed by atoms with Gasteiger partial charge in [0, 0.05) is 17.9 Å². The first-order valence-corrected chi connectivity index (χ1v) is 4.74. The number of furan rings is 1. The number of rotatable bonds is 2. The van der Waals surface area contributed by atoms with Crippen LogP contribution in [0.3, 0.4) is 0 Å². The lowest BCUT2D eigenvalue weighted by Crippen LogP contribution is -2.05. The minimum atomic E-state index is -0.00116. The molecule has 0 fully saturated rings. The van der Waals surface area contributed by atoms with Crippen LogP contribution in [0.4, 0.5) is 5.82 Å². The average Bonchev–Trinajstić information content (AvgIpc) is 2.50. The fraction of sp³-hybridized carbons (Fsp3) is 0.333. The summed E-state index contributed by atoms with van der Waals surface area (Å²) in [4.78, 5) is 8.37. The van der Waals surface area contributed by atoms with E-state index in [1.54, 1.807) is 12.3 Å². The van der Waals surface area contributed by atoms with Crippen LogP contribution in [0.5, 0.6) is 0 Å². The third-order valence-corrected chi connectivity index (χ3v) is 1.99. The lowest BCUT2D eigenvalue weighted by molar-refractivity contribution is 0.614. The van der Waals surface area contributed by atoms with Gasteiger partial charge in [-0.25, -0.2) is 9.97 Å². The molecule has 0 spiro atoms. The van der Waals surface area contributed by atoms with E-state index in [-0.39, 0.29) is 5.38 Å². The van der Waals surface area contributed by atoms with Crippen LogP contribution in [0.1, 0.15) is 12.7 Å². The smallest absolute Gasteiger partial charge is 0.194 e. The van der Waals surface area contributed by atoms with Gasteiger partial charge >= 0.3 is 0 Å². The number of nitrogens with two attached hydrogens (primary N) is 1. The Morgan fingerprint density at radius 3 is 3.07 bits per heavy atom. The molecule has 0 radical (unpaired) electrons. The van der Waals surface area contributed by atoms with E-state index in [1.165, 1.54) is 0 Å². The second-order valence-electron chi connectivity index (χ2n) is 3.14. The number of aromatic nitrogens is 2. The van der Waals surface area contributed by atoms with Gasteiger partial charge in [-0.05, 0) is 6.92 Å². The molecule has 2 heterocycles. The van der Waals surface area contributed by atoms with Crippen molar-refractivity contribution in [1.29, 1.82) is 0 Å². The molecule has 2 aromatic rings. The molecule has 74 valence electrons. The monoisotopic (exact) mass is 211 g/mol. The van der Waals surface area contributed by atoms with Gasteiger partial charge in [0.25, 0.3) is 0 Å². The van der Waals surface area contributed by atoms with E-state index < -0.39 is 0 Å². The van der Waals surface area contributed by atoms with Gasteiger partial charge in [-0.3, -0.25) is 0 Å². The maximum absolute atomic E-state index is 5.85. The zero-order valence-corrected chi connectivity index (χ0v) is 8.45. The van der Waals surface area contributed by atoms with Gasteiger partial charge in [-0.1, -0.05) is 0 Å². The van der Waals surface area contributed by atoms with Crippen molar-refractivity contribution in [2.24, 2.45) is 0 Å². The molecule has 0 aromatic carbocycles. The summed E-state index contributed by atoms with van der Waals surface area (Å²) < 4.78 is 5.13. The van der Waals surface area contributed by atoms with Crippen LogP contribution in [-0.2, 0) is 6.42 Å². The standard InChI is InChI=1S/C9H10ClN3O/c1-5(10)4-7-12-6-2-3-14-8(6)9(11)13-7/h2-3,5H,4H2,1H3,(H2,11,12,13). The first-order chi connectivity index (χ1) is 6.66. The Balaban J connectivity index is 2.47. The number of hydrogen-bond acceptors (Lipinski definition) is 4. The van der Waals surface area contributed by atoms with Crippen molar-refractivity contribution >= 4 is 28.5 Å². The van der Waals surface area contributed by atoms with Crippen LogP contribution in [0.15, 0.2) is 16.7 Å². The molecule has 2 rings (SSSR count). The second-order valence-corrected chi connectivity index (χ2v) is 3.89. The average molecular weight is 212 g/mol. The van der Waals surface area contributed by atoms with Gasteiger partial charge in [0.05, 0.1) is 6.26 Å². The van der Waals surface area contributed by atoms with Gasteiger partial charge in [0.1, 0.15) is 11.3 Å². The van der Waals surface area contributed by atoms with Gasteiger partial charge in [-0.2, -0.15) is 0 Å². The first kappa shape index (κ1) is 9.27. The highest BCUT2D eigenvalue weighted by molar-refractivity contribution is 6.20. The van der Waals surface area contributed by atoms with E-state index in [0.717, 1.165) is 5.52 Å². The predicted octanol–water partition coefficient (Wildman–Crippen LogP) is 1.97. The molecule has 4 nitrogen and oxygen atoms in total. The molecule has 5 heteroatoms. The molecular formula is C9H10ClN3O. The highest BCUT2D eigenvalue weighted by Gasteiger charge is 2.09. The lowest BCUT2D eigenvalue weighted by Gasteiger charge is -2.02. The molecule has 1 atom stereocenters. The minimum absolute atomic E-state index is 0.00116. The molecule has 2 aromatic heterocycles. The molecule has 0 saturated heterocycles. The largest absolute Gasteiger partial charge is 0.459 e. The van der Waals surface area contributed by atoms with E-state index in [2.05, 4.69) is 9.97 Å². The van der Waals surface area contributed by atoms with Crippen LogP contribution >= 0.6 is 11.6 Å². The van der Waals surface area contributed by atoms with Crippen molar-refractivity contribution in [1.82, 2.24) is 9.97 Å². The summed E-state index contributed by atoms with van der Waals surface area (Å²) in [6.45, 7) is 1.89. The molecule has 0 aliphatic carbocycles. The molecular weight excluding hydrogens is 202 g/mol. The minimum Gasteiger partial charge on any atom is -0.459 e. The fourth-order valence-corrected chi connectivity index (χ4v) is 1.42. The van der Waals surface area contributed by atoms with Crippen molar-refractivity contribution in [3.63, 3.8) is 0 Å². The van der Waals surface area contributed by atoms with Gasteiger partial charge in [-0.15, -0.1) is 11.6 Å². The molecule has 0 bridgehead atoms. The van der Waals surface area contributed by atoms with E-state index in [9.17, 15) is 0 Å². The number of nitrogens with zero attached hydrogens (tertiary/aromatic N) is 2. The number of nitrogen functional groups attached to an aromatic ring is 1. The number of halogens is 1. The number of alkyl halides is 1. The molecule has 14 heavy (non-hydrogen) atoms. The van der Waals surface area contributed by atoms with Crippen LogP contribution in [0.2, 0.25) is 0 Å². The normalized spacial score (nSPS) is 13.3. The summed E-state index contributed by atoms with van der Waals surface area (Å²) in [6, 6.07) is 1.76. The van der Waals surface area contributed by atoms with E-state index >= 15 is 0 Å². The van der Waals surface area contributed by atoms with Gasteiger partial charge in [0.2, 0.25) is 0 Å². The SMILES string of the molecule is CC(Cl)Cc1nc(N)c2occc2n1. The summed E-state index contributed by atoms with van der Waals surface area (Å²) in [5, 5.41) is -0.00116. The summed E-state index contributed by atoms with van der Waals surface area (Å²) in [5.41, 5.74) is 6.95. The van der Waals surface area contributed by atoms with Crippen molar-refractivity contribution in [2.75, 3.05) is 5.73 Å². The van der Waals surface area contributed by atoms with Crippen molar-refractivity contribution in [3.8, 4) is 0 Å². The Morgan fingerprint density at radius 1 is 1.57 bits per heavy atom. The summed E-state index contributed by atoms with van der Waals surface area (Å²) >= 11 is 5.85. The van der Waals surface area contributed by atoms with Gasteiger partial charge < -0.3 is 10.2 Å². The van der Waals surface area contributed by atoms with Crippen molar-refractivity contribution < 1.29 is 4.42 Å². The Labute approximate surface area is 86.1 Å². The van der Waals surface area contributed by atoms with Crippen molar-refractivity contribution in [2.45, 2.75) is 18.7 Å². The summed E-state index contributed by atoms with van der Waals surface area (Å²) in [5.74, 6) is 1.02. The third kappa shape index (κ3) is 1.65. The first-order valence-electron chi connectivity index (χ1n) is 4.30. The van der Waals surface area contributed by atoms with Crippen molar-refractivity contribution in [3.05, 3.63) is 18.2 Å². The Bertz CT molecular complexity index is 452. The van der Waals surface area contributed by atoms with Crippen LogP contribution in [0.25, 0.3) is 11.1 Å². The highest BCUT2D eigenvalue weighted by Crippen LogP contribution is 2.19. The zero-order chi connectivity index (χ0) is 10.1. The van der Waals surface area contributed by atoms with E-state index in [1.807, 2.05) is 6.92 Å². The quantitative estimate of drug-likeness (QED) is 0.772. The Kier molecular flexibility index (Phi) is 2.29. The molecule has 0 aliphatic heterocycles. The van der Waals surface area contributed by atoms with E-state index in [0.29, 0.717) is 23.6 Å². The maximum Gasteiger partial charge on any atom is 0.194 e. The van der Waals surface area contributed by atoms with Crippen LogP contribution in [-0.4, -0.2) is 15.3 Å². The Morgan fingerprint density at radius 2 is 2.36 bits per heavy atom. The van der Waals surface area contributed by atoms with E-state index in [4.69, 9.17) is 21.8 Å². The maximum atomic E-state index is 5.85. The van der Waals surface area contributed by atoms with Crippen LogP contribution < -0.4 is 5.73 Å². The third-order valence-electron chi connectivity index (χ3n) is 1.84. The fourth-order valence-electron chi connectivity index (χ4n) is 1.28. The number of fused-ring (bicyclic) bond motifs is 1. The van der Waals surface area contributed by atoms with Gasteiger partial charge in [0.15, 0.2) is 11.4 Å². The predicted molar refractivity (Wildman–Crippen MR) is 55.2 cm³/mol. The summed E-state index contributed by atoms with van der Waals surface area (Å²) in [7, 11) is 0. The Hall–Kier alpha value is -1.29. The zero-order valence-electron chi connectivity index (χ0n) is 7.70. The second kappa shape index (κ2) is 3.46.